The Morgan fingerprint density at radius 1 is 1.17 bits per heavy atom. The lowest BCUT2D eigenvalue weighted by Gasteiger charge is -2.33. The first-order valence-electron chi connectivity index (χ1n) is 9.51. The van der Waals surface area contributed by atoms with Gasteiger partial charge in [0.2, 0.25) is 10.0 Å². The van der Waals surface area contributed by atoms with Crippen molar-refractivity contribution in [2.45, 2.75) is 30.5 Å². The van der Waals surface area contributed by atoms with Crippen molar-refractivity contribution in [1.29, 1.82) is 0 Å². The zero-order chi connectivity index (χ0) is 20.2. The monoisotopic (exact) mass is 417 g/mol. The van der Waals surface area contributed by atoms with Crippen LogP contribution in [0.1, 0.15) is 12.8 Å². The second-order valence-electron chi connectivity index (χ2n) is 7.61. The molecule has 10 heteroatoms. The highest BCUT2D eigenvalue weighted by molar-refractivity contribution is 7.89. The van der Waals surface area contributed by atoms with Gasteiger partial charge in [0.25, 0.3) is 5.56 Å². The summed E-state index contributed by atoms with van der Waals surface area (Å²) in [5.41, 5.74) is 1.14. The van der Waals surface area contributed by atoms with E-state index in [0.29, 0.717) is 22.8 Å². The van der Waals surface area contributed by atoms with E-state index in [0.717, 1.165) is 16.4 Å². The molecule has 0 radical (unpaired) electrons. The highest BCUT2D eigenvalue weighted by Gasteiger charge is 2.36. The first-order chi connectivity index (χ1) is 13.9. The van der Waals surface area contributed by atoms with Gasteiger partial charge in [-0.3, -0.25) is 9.48 Å². The molecule has 3 heterocycles. The Kier molecular flexibility index (Phi) is 4.21. The largest absolute Gasteiger partial charge is 0.338 e. The number of aromatic nitrogens is 3. The highest BCUT2D eigenvalue weighted by atomic mass is 32.2. The van der Waals surface area contributed by atoms with Crippen molar-refractivity contribution >= 4 is 32.4 Å². The zero-order valence-electron chi connectivity index (χ0n) is 15.5. The maximum Gasteiger partial charge on any atom is 0.261 e. The van der Waals surface area contributed by atoms with Crippen LogP contribution in [0.15, 0.2) is 46.2 Å². The molecule has 1 saturated heterocycles. The first kappa shape index (κ1) is 18.3. The van der Waals surface area contributed by atoms with Crippen molar-refractivity contribution in [2.75, 3.05) is 18.4 Å². The van der Waals surface area contributed by atoms with Gasteiger partial charge < -0.3 is 10.3 Å². The number of aromatic amines is 1. The third-order valence-corrected chi connectivity index (χ3v) is 7.21. The van der Waals surface area contributed by atoms with Crippen LogP contribution in [0, 0.1) is 5.92 Å². The van der Waals surface area contributed by atoms with Crippen LogP contribution >= 0.6 is 0 Å². The van der Waals surface area contributed by atoms with Crippen LogP contribution < -0.4 is 10.9 Å². The zero-order valence-corrected chi connectivity index (χ0v) is 16.3. The maximum atomic E-state index is 13.0. The standard InChI is InChI=1S/C19H20FN5O3S/c20-13-10-24(11-13)29(27,28)15-5-3-14(4-6-15)22-18-17-16(7-8-21-19(17)26)25(23-18)9-12-1-2-12/h3-8,12-13H,1-2,9-11H2,(H,21,26)(H,22,23). The summed E-state index contributed by atoms with van der Waals surface area (Å²) in [5.74, 6) is 1.03. The van der Waals surface area contributed by atoms with Gasteiger partial charge in [0.1, 0.15) is 11.6 Å². The minimum Gasteiger partial charge on any atom is -0.338 e. The number of hydrogen-bond acceptors (Lipinski definition) is 5. The summed E-state index contributed by atoms with van der Waals surface area (Å²) in [6.07, 6.45) is 2.85. The van der Waals surface area contributed by atoms with Crippen molar-refractivity contribution in [1.82, 2.24) is 19.1 Å². The number of nitrogens with zero attached hydrogens (tertiary/aromatic N) is 3. The van der Waals surface area contributed by atoms with Crippen molar-refractivity contribution in [2.24, 2.45) is 5.92 Å². The Balaban J connectivity index is 1.43. The molecular weight excluding hydrogens is 397 g/mol. The molecule has 8 nitrogen and oxygen atoms in total. The van der Waals surface area contributed by atoms with Crippen molar-refractivity contribution < 1.29 is 12.8 Å². The smallest absolute Gasteiger partial charge is 0.261 e. The number of nitrogens with one attached hydrogen (secondary N) is 2. The minimum atomic E-state index is -3.68. The predicted molar refractivity (Wildman–Crippen MR) is 106 cm³/mol. The molecule has 0 spiro atoms. The van der Waals surface area contributed by atoms with Gasteiger partial charge >= 0.3 is 0 Å². The van der Waals surface area contributed by atoms with Gasteiger partial charge in [-0.2, -0.15) is 9.40 Å². The molecule has 2 fully saturated rings. The lowest BCUT2D eigenvalue weighted by atomic mass is 10.3. The molecule has 152 valence electrons. The van der Waals surface area contributed by atoms with Gasteiger partial charge in [-0.25, -0.2) is 12.8 Å². The van der Waals surface area contributed by atoms with E-state index in [1.54, 1.807) is 18.3 Å². The first-order valence-corrected chi connectivity index (χ1v) is 11.0. The lowest BCUT2D eigenvalue weighted by molar-refractivity contribution is 0.141. The summed E-state index contributed by atoms with van der Waals surface area (Å²) in [4.78, 5) is 15.2. The number of anilines is 2. The molecule has 1 saturated carbocycles. The molecule has 0 atom stereocenters. The molecule has 5 rings (SSSR count). The van der Waals surface area contributed by atoms with Gasteiger partial charge in [0, 0.05) is 31.5 Å². The number of halogens is 1. The van der Waals surface area contributed by atoms with E-state index in [1.807, 2.05) is 10.7 Å². The van der Waals surface area contributed by atoms with E-state index in [-0.39, 0.29) is 23.5 Å². The fraction of sp³-hybridized carbons (Fsp3) is 0.368. The molecule has 2 aromatic heterocycles. The second kappa shape index (κ2) is 6.67. The second-order valence-corrected chi connectivity index (χ2v) is 9.55. The summed E-state index contributed by atoms with van der Waals surface area (Å²) in [7, 11) is -3.68. The molecular formula is C19H20FN5O3S. The molecule has 29 heavy (non-hydrogen) atoms. The van der Waals surface area contributed by atoms with E-state index < -0.39 is 16.2 Å². The normalized spacial score (nSPS) is 18.1. The topological polar surface area (TPSA) is 100 Å². The summed E-state index contributed by atoms with van der Waals surface area (Å²) in [5, 5.41) is 8.17. The van der Waals surface area contributed by atoms with Crippen LogP contribution in [0.25, 0.3) is 10.9 Å². The highest BCUT2D eigenvalue weighted by Crippen LogP contribution is 2.33. The van der Waals surface area contributed by atoms with Crippen molar-refractivity contribution in [3.63, 3.8) is 0 Å². The van der Waals surface area contributed by atoms with Crippen LogP contribution in [0.4, 0.5) is 15.9 Å². The average Bonchev–Trinajstić information content (AvgIpc) is 3.42. The van der Waals surface area contributed by atoms with Gasteiger partial charge in [-0.15, -0.1) is 0 Å². The van der Waals surface area contributed by atoms with Crippen LogP contribution in [0.2, 0.25) is 0 Å². The number of pyridine rings is 1. The van der Waals surface area contributed by atoms with Crippen LogP contribution in [-0.4, -0.2) is 46.7 Å². The van der Waals surface area contributed by atoms with Crippen LogP contribution in [-0.2, 0) is 16.6 Å². The predicted octanol–water partition coefficient (Wildman–Crippen LogP) is 2.22. The van der Waals surface area contributed by atoms with Gasteiger partial charge in [0.05, 0.1) is 10.4 Å². The number of alkyl halides is 1. The average molecular weight is 417 g/mol. The molecule has 0 unspecified atom stereocenters. The third kappa shape index (κ3) is 3.32. The number of fused-ring (bicyclic) bond motifs is 1. The van der Waals surface area contributed by atoms with E-state index >= 15 is 0 Å². The fourth-order valence-electron chi connectivity index (χ4n) is 3.49. The summed E-state index contributed by atoms with van der Waals surface area (Å²) >= 11 is 0. The summed E-state index contributed by atoms with van der Waals surface area (Å²) < 4.78 is 40.9. The summed E-state index contributed by atoms with van der Waals surface area (Å²) in [6.45, 7) is 0.565. The number of H-pyrrole nitrogens is 1. The number of sulfonamides is 1. The van der Waals surface area contributed by atoms with Crippen molar-refractivity contribution in [3.05, 3.63) is 46.9 Å². The molecule has 1 aliphatic carbocycles. The Hall–Kier alpha value is -2.72. The molecule has 1 aromatic carbocycles. The fourth-order valence-corrected chi connectivity index (χ4v) is 4.98. The molecule has 0 bridgehead atoms. The van der Waals surface area contributed by atoms with Gasteiger partial charge in [0.15, 0.2) is 5.82 Å². The van der Waals surface area contributed by atoms with E-state index in [9.17, 15) is 17.6 Å². The number of hydrogen-bond donors (Lipinski definition) is 2. The Labute approximate surface area is 166 Å². The van der Waals surface area contributed by atoms with Gasteiger partial charge in [-0.05, 0) is 49.1 Å². The van der Waals surface area contributed by atoms with Gasteiger partial charge in [-0.1, -0.05) is 0 Å². The summed E-state index contributed by atoms with van der Waals surface area (Å²) in [6, 6.07) is 8.00. The molecule has 3 aromatic rings. The minimum absolute atomic E-state index is 0.102. The van der Waals surface area contributed by atoms with Crippen LogP contribution in [0.3, 0.4) is 0 Å². The van der Waals surface area contributed by atoms with E-state index in [4.69, 9.17) is 0 Å². The number of benzene rings is 1. The Bertz CT molecular complexity index is 1220. The Morgan fingerprint density at radius 3 is 2.55 bits per heavy atom. The van der Waals surface area contributed by atoms with Crippen LogP contribution in [0.5, 0.6) is 0 Å². The molecule has 1 aliphatic heterocycles. The van der Waals surface area contributed by atoms with E-state index in [2.05, 4.69) is 15.4 Å². The number of rotatable bonds is 6. The Morgan fingerprint density at radius 2 is 1.90 bits per heavy atom. The SMILES string of the molecule is O=c1[nH]ccc2c1c(Nc1ccc(S(=O)(=O)N3CC(F)C3)cc1)nn2CC1CC1. The third-order valence-electron chi connectivity index (χ3n) is 5.36. The molecule has 2 N–H and O–H groups in total. The van der Waals surface area contributed by atoms with E-state index in [1.165, 1.54) is 25.0 Å². The molecule has 2 aliphatic rings. The lowest BCUT2D eigenvalue weighted by Crippen LogP contribution is -2.51. The quantitative estimate of drug-likeness (QED) is 0.641. The molecule has 0 amide bonds. The maximum absolute atomic E-state index is 13.0. The van der Waals surface area contributed by atoms with Crippen molar-refractivity contribution in [3.8, 4) is 0 Å².